The van der Waals surface area contributed by atoms with Crippen LogP contribution in [0.3, 0.4) is 0 Å². The Morgan fingerprint density at radius 2 is 1.84 bits per heavy atom. The molecule has 1 aliphatic rings. The van der Waals surface area contributed by atoms with Gasteiger partial charge in [0.05, 0.1) is 22.9 Å². The maximum Gasteiger partial charge on any atom is 0.190 e. The standard InChI is InChI=1S/C20H16N4S/c1-13-19(16-11-21-17-10-6-5-9-15(16)17)23-24-12-18(22-20(24)25-13)14-7-3-2-4-8-14/h2-13,21H,1H3. The monoisotopic (exact) mass is 344 g/mol. The molecule has 0 amide bonds. The summed E-state index contributed by atoms with van der Waals surface area (Å²) in [5, 5.41) is 7.29. The van der Waals surface area contributed by atoms with E-state index in [-0.39, 0.29) is 5.25 Å². The average Bonchev–Trinajstić information content (AvgIpc) is 3.25. The molecule has 0 saturated carbocycles. The summed E-state index contributed by atoms with van der Waals surface area (Å²) in [6, 6.07) is 18.6. The van der Waals surface area contributed by atoms with Crippen LogP contribution in [0.2, 0.25) is 0 Å². The number of rotatable bonds is 2. The lowest BCUT2D eigenvalue weighted by atomic mass is 10.1. The third-order valence-corrected chi connectivity index (χ3v) is 5.54. The summed E-state index contributed by atoms with van der Waals surface area (Å²) in [4.78, 5) is 8.11. The fourth-order valence-corrected chi connectivity index (χ4v) is 4.18. The SMILES string of the molecule is CC1Sc2nc(-c3ccccc3)cn2N=C1c1c[nH]c2ccccc12. The summed E-state index contributed by atoms with van der Waals surface area (Å²) < 4.78 is 1.91. The molecule has 0 aliphatic carbocycles. The van der Waals surface area contributed by atoms with E-state index in [9.17, 15) is 0 Å². The van der Waals surface area contributed by atoms with Crippen LogP contribution in [0, 0.1) is 0 Å². The lowest BCUT2D eigenvalue weighted by Gasteiger charge is -2.18. The number of nitrogens with zero attached hydrogens (tertiary/aromatic N) is 3. The molecule has 25 heavy (non-hydrogen) atoms. The van der Waals surface area contributed by atoms with Gasteiger partial charge in [0.25, 0.3) is 0 Å². The quantitative estimate of drug-likeness (QED) is 0.569. The van der Waals surface area contributed by atoms with E-state index in [1.54, 1.807) is 11.8 Å². The average molecular weight is 344 g/mol. The van der Waals surface area contributed by atoms with Crippen LogP contribution >= 0.6 is 11.8 Å². The molecular formula is C20H16N4S. The minimum absolute atomic E-state index is 0.248. The smallest absolute Gasteiger partial charge is 0.190 e. The van der Waals surface area contributed by atoms with Crippen molar-refractivity contribution in [3.8, 4) is 11.3 Å². The van der Waals surface area contributed by atoms with Crippen LogP contribution in [-0.2, 0) is 0 Å². The molecule has 4 aromatic rings. The van der Waals surface area contributed by atoms with Crippen molar-refractivity contribution in [1.82, 2.24) is 14.6 Å². The summed E-state index contributed by atoms with van der Waals surface area (Å²) in [7, 11) is 0. The number of thioether (sulfide) groups is 1. The van der Waals surface area contributed by atoms with E-state index in [1.165, 1.54) is 5.39 Å². The molecule has 3 heterocycles. The van der Waals surface area contributed by atoms with E-state index < -0.39 is 0 Å². The van der Waals surface area contributed by atoms with Gasteiger partial charge in [0.1, 0.15) is 0 Å². The van der Waals surface area contributed by atoms with Gasteiger partial charge < -0.3 is 4.98 Å². The maximum absolute atomic E-state index is 4.90. The zero-order valence-corrected chi connectivity index (χ0v) is 14.5. The van der Waals surface area contributed by atoms with Crippen molar-refractivity contribution in [2.45, 2.75) is 17.3 Å². The van der Waals surface area contributed by atoms with Crippen LogP contribution < -0.4 is 0 Å². The minimum atomic E-state index is 0.248. The first kappa shape index (κ1) is 14.5. The van der Waals surface area contributed by atoms with Crippen LogP contribution in [0.15, 0.2) is 77.2 Å². The second-order valence-corrected chi connectivity index (χ2v) is 7.42. The second kappa shape index (κ2) is 5.63. The minimum Gasteiger partial charge on any atom is -0.360 e. The molecule has 1 atom stereocenters. The number of hydrogen-bond donors (Lipinski definition) is 1. The van der Waals surface area contributed by atoms with Crippen molar-refractivity contribution in [1.29, 1.82) is 0 Å². The number of benzene rings is 2. The Bertz CT molecular complexity index is 1090. The molecule has 5 rings (SSSR count). The molecule has 4 nitrogen and oxygen atoms in total. The van der Waals surface area contributed by atoms with Crippen molar-refractivity contribution < 1.29 is 0 Å². The van der Waals surface area contributed by atoms with Crippen molar-refractivity contribution in [3.05, 3.63) is 72.6 Å². The lowest BCUT2D eigenvalue weighted by molar-refractivity contribution is 0.749. The van der Waals surface area contributed by atoms with E-state index in [2.05, 4.69) is 48.4 Å². The van der Waals surface area contributed by atoms with Gasteiger partial charge in [0, 0.05) is 28.2 Å². The summed E-state index contributed by atoms with van der Waals surface area (Å²) in [5.41, 5.74) is 5.45. The van der Waals surface area contributed by atoms with Gasteiger partial charge in [-0.3, -0.25) is 0 Å². The third-order valence-electron chi connectivity index (χ3n) is 4.47. The summed E-state index contributed by atoms with van der Waals surface area (Å²) >= 11 is 1.75. The molecule has 0 spiro atoms. The van der Waals surface area contributed by atoms with Gasteiger partial charge in [0.15, 0.2) is 5.16 Å². The van der Waals surface area contributed by atoms with E-state index in [0.717, 1.165) is 33.2 Å². The molecule has 0 bridgehead atoms. The number of nitrogens with one attached hydrogen (secondary N) is 1. The topological polar surface area (TPSA) is 46.0 Å². The second-order valence-electron chi connectivity index (χ2n) is 6.11. The first-order valence-corrected chi connectivity index (χ1v) is 9.14. The molecule has 122 valence electrons. The summed E-state index contributed by atoms with van der Waals surface area (Å²) in [6.07, 6.45) is 4.07. The van der Waals surface area contributed by atoms with Crippen molar-refractivity contribution in [3.63, 3.8) is 0 Å². The van der Waals surface area contributed by atoms with Crippen molar-refractivity contribution in [2.75, 3.05) is 0 Å². The van der Waals surface area contributed by atoms with E-state index in [4.69, 9.17) is 10.1 Å². The number of hydrogen-bond acceptors (Lipinski definition) is 3. The Morgan fingerprint density at radius 3 is 2.72 bits per heavy atom. The van der Waals surface area contributed by atoms with Gasteiger partial charge in [-0.05, 0) is 13.0 Å². The molecule has 0 fully saturated rings. The van der Waals surface area contributed by atoms with Gasteiger partial charge in [-0.15, -0.1) is 0 Å². The first-order chi connectivity index (χ1) is 12.3. The highest BCUT2D eigenvalue weighted by Crippen LogP contribution is 2.34. The highest BCUT2D eigenvalue weighted by molar-refractivity contribution is 8.00. The predicted octanol–water partition coefficient (Wildman–Crippen LogP) is 4.78. The van der Waals surface area contributed by atoms with Crippen LogP contribution in [0.5, 0.6) is 0 Å². The number of aromatic nitrogens is 3. The van der Waals surface area contributed by atoms with E-state index >= 15 is 0 Å². The molecule has 1 aliphatic heterocycles. The van der Waals surface area contributed by atoms with Crippen LogP contribution in [-0.4, -0.2) is 25.6 Å². The summed E-state index contributed by atoms with van der Waals surface area (Å²) in [5.74, 6) is 0. The van der Waals surface area contributed by atoms with E-state index in [1.807, 2.05) is 35.1 Å². The lowest BCUT2D eigenvalue weighted by Crippen LogP contribution is -2.20. The molecule has 1 N–H and O–H groups in total. The van der Waals surface area contributed by atoms with Gasteiger partial charge in [-0.2, -0.15) is 5.10 Å². The van der Waals surface area contributed by atoms with Gasteiger partial charge >= 0.3 is 0 Å². The maximum atomic E-state index is 4.90. The van der Waals surface area contributed by atoms with Crippen LogP contribution in [0.25, 0.3) is 22.2 Å². The van der Waals surface area contributed by atoms with Crippen molar-refractivity contribution >= 4 is 28.4 Å². The zero-order valence-electron chi connectivity index (χ0n) is 13.7. The Labute approximate surface area is 149 Å². The first-order valence-electron chi connectivity index (χ1n) is 8.26. The predicted molar refractivity (Wildman–Crippen MR) is 103 cm³/mol. The Kier molecular flexibility index (Phi) is 3.28. The van der Waals surface area contributed by atoms with E-state index in [0.29, 0.717) is 0 Å². The zero-order chi connectivity index (χ0) is 16.8. The third kappa shape index (κ3) is 2.39. The van der Waals surface area contributed by atoms with Crippen LogP contribution in [0.4, 0.5) is 0 Å². The summed E-state index contributed by atoms with van der Waals surface area (Å²) in [6.45, 7) is 2.19. The molecule has 0 radical (unpaired) electrons. The highest BCUT2D eigenvalue weighted by atomic mass is 32.2. The fraction of sp³-hybridized carbons (Fsp3) is 0.100. The molecule has 5 heteroatoms. The fourth-order valence-electron chi connectivity index (χ4n) is 3.22. The number of imidazole rings is 1. The molecule has 2 aromatic carbocycles. The number of H-pyrrole nitrogens is 1. The van der Waals surface area contributed by atoms with Gasteiger partial charge in [-0.25, -0.2) is 9.66 Å². The normalized spacial score (nSPS) is 16.7. The van der Waals surface area contributed by atoms with Gasteiger partial charge in [-0.1, -0.05) is 60.3 Å². The Hall–Kier alpha value is -2.79. The number of fused-ring (bicyclic) bond motifs is 2. The Balaban J connectivity index is 1.62. The Morgan fingerprint density at radius 1 is 1.04 bits per heavy atom. The largest absolute Gasteiger partial charge is 0.360 e. The highest BCUT2D eigenvalue weighted by Gasteiger charge is 2.25. The van der Waals surface area contributed by atoms with Crippen molar-refractivity contribution in [2.24, 2.45) is 5.10 Å². The molecule has 0 saturated heterocycles. The molecule has 1 unspecified atom stereocenters. The van der Waals surface area contributed by atoms with Crippen LogP contribution in [0.1, 0.15) is 12.5 Å². The van der Waals surface area contributed by atoms with Gasteiger partial charge in [0.2, 0.25) is 0 Å². The molecule has 2 aromatic heterocycles. The number of aromatic amines is 1. The number of para-hydroxylation sites is 1. The molecular weight excluding hydrogens is 328 g/mol.